The van der Waals surface area contributed by atoms with Crippen molar-refractivity contribution in [2.24, 2.45) is 11.3 Å². The van der Waals surface area contributed by atoms with E-state index in [2.05, 4.69) is 33.0 Å². The molecule has 1 heterocycles. The van der Waals surface area contributed by atoms with Crippen LogP contribution in [0.2, 0.25) is 0 Å². The molecule has 0 aromatic rings. The second kappa shape index (κ2) is 7.97. The molecule has 6 nitrogen and oxygen atoms in total. The smallest absolute Gasteiger partial charge is 0.325 e. The summed E-state index contributed by atoms with van der Waals surface area (Å²) in [5, 5.41) is 2.91. The molecule has 1 N–H and O–H groups in total. The summed E-state index contributed by atoms with van der Waals surface area (Å²) in [5.74, 6) is 0.192. The Kier molecular flexibility index (Phi) is 6.35. The van der Waals surface area contributed by atoms with Gasteiger partial charge in [-0.25, -0.2) is 4.79 Å². The zero-order valence-electron chi connectivity index (χ0n) is 17.1. The maximum Gasteiger partial charge on any atom is 0.325 e. The number of likely N-dealkylation sites (N-methyl/N-ethyl adjacent to an activating group) is 1. The van der Waals surface area contributed by atoms with E-state index in [1.807, 2.05) is 6.92 Å². The maximum atomic E-state index is 13.0. The quantitative estimate of drug-likeness (QED) is 0.735. The fourth-order valence-electron chi connectivity index (χ4n) is 4.18. The lowest BCUT2D eigenvalue weighted by Gasteiger charge is -2.40. The Balaban J connectivity index is 2.02. The number of unbranched alkanes of at least 4 members (excludes halogenated alkanes) is 1. The molecule has 4 amide bonds. The molecule has 26 heavy (non-hydrogen) atoms. The van der Waals surface area contributed by atoms with Crippen LogP contribution in [0, 0.1) is 11.3 Å². The van der Waals surface area contributed by atoms with Crippen molar-refractivity contribution in [2.45, 2.75) is 78.7 Å². The van der Waals surface area contributed by atoms with E-state index in [9.17, 15) is 14.4 Å². The zero-order chi connectivity index (χ0) is 19.5. The van der Waals surface area contributed by atoms with Gasteiger partial charge in [0.05, 0.1) is 0 Å². The zero-order valence-corrected chi connectivity index (χ0v) is 17.1. The van der Waals surface area contributed by atoms with Crippen LogP contribution in [0.25, 0.3) is 0 Å². The lowest BCUT2D eigenvalue weighted by Crippen LogP contribution is -2.51. The van der Waals surface area contributed by atoms with Gasteiger partial charge in [0.2, 0.25) is 5.91 Å². The number of rotatable bonds is 6. The van der Waals surface area contributed by atoms with Crippen molar-refractivity contribution >= 4 is 17.8 Å². The first kappa shape index (κ1) is 20.7. The van der Waals surface area contributed by atoms with Crippen LogP contribution < -0.4 is 5.32 Å². The van der Waals surface area contributed by atoms with Gasteiger partial charge in [-0.1, -0.05) is 34.1 Å². The van der Waals surface area contributed by atoms with Crippen molar-refractivity contribution in [1.82, 2.24) is 15.1 Å². The molecule has 2 rings (SSSR count). The molecular weight excluding hydrogens is 330 g/mol. The molecule has 2 aliphatic rings. The molecule has 0 atom stereocenters. The summed E-state index contributed by atoms with van der Waals surface area (Å²) in [7, 11) is 0. The fourth-order valence-corrected chi connectivity index (χ4v) is 4.18. The van der Waals surface area contributed by atoms with Crippen LogP contribution >= 0.6 is 0 Å². The second-order valence-electron chi connectivity index (χ2n) is 8.87. The number of urea groups is 1. The van der Waals surface area contributed by atoms with Gasteiger partial charge in [0.25, 0.3) is 5.91 Å². The summed E-state index contributed by atoms with van der Waals surface area (Å²) in [5.41, 5.74) is -0.580. The van der Waals surface area contributed by atoms with Gasteiger partial charge >= 0.3 is 6.03 Å². The Bertz CT molecular complexity index is 545. The highest BCUT2D eigenvalue weighted by atomic mass is 16.2. The van der Waals surface area contributed by atoms with Crippen LogP contribution in [0.1, 0.15) is 73.1 Å². The Labute approximate surface area is 157 Å². The fraction of sp³-hybridized carbons (Fsp3) is 0.850. The van der Waals surface area contributed by atoms with Crippen LogP contribution in [0.15, 0.2) is 0 Å². The molecule has 1 aliphatic heterocycles. The van der Waals surface area contributed by atoms with Gasteiger partial charge in [0.1, 0.15) is 12.1 Å². The SMILES string of the molecule is CCCCN(CC)C(=O)CN1C(=O)NC2(CCC(C(C)(C)C)CC2)C1=O. The summed E-state index contributed by atoms with van der Waals surface area (Å²) in [4.78, 5) is 40.8. The molecule has 6 heteroatoms. The third-order valence-corrected chi connectivity index (χ3v) is 6.12. The highest BCUT2D eigenvalue weighted by Gasteiger charge is 2.53. The maximum absolute atomic E-state index is 13.0. The van der Waals surface area contributed by atoms with Gasteiger partial charge in [0, 0.05) is 13.1 Å². The van der Waals surface area contributed by atoms with E-state index >= 15 is 0 Å². The molecule has 1 saturated heterocycles. The summed E-state index contributed by atoms with van der Waals surface area (Å²) in [6.45, 7) is 11.8. The third kappa shape index (κ3) is 4.21. The highest BCUT2D eigenvalue weighted by Crippen LogP contribution is 2.43. The van der Waals surface area contributed by atoms with Crippen LogP contribution in [0.4, 0.5) is 4.79 Å². The van der Waals surface area contributed by atoms with Crippen molar-refractivity contribution in [3.8, 4) is 0 Å². The average molecular weight is 366 g/mol. The number of imide groups is 1. The number of hydrogen-bond donors (Lipinski definition) is 1. The van der Waals surface area contributed by atoms with Gasteiger partial charge in [-0.2, -0.15) is 0 Å². The lowest BCUT2D eigenvalue weighted by atomic mass is 9.67. The van der Waals surface area contributed by atoms with Crippen molar-refractivity contribution in [1.29, 1.82) is 0 Å². The minimum Gasteiger partial charge on any atom is -0.341 e. The van der Waals surface area contributed by atoms with Crippen LogP contribution in [0.3, 0.4) is 0 Å². The normalized spacial score (nSPS) is 26.3. The van der Waals surface area contributed by atoms with E-state index in [0.717, 1.165) is 30.6 Å². The molecule has 1 saturated carbocycles. The molecule has 1 spiro atoms. The van der Waals surface area contributed by atoms with Crippen LogP contribution in [-0.4, -0.2) is 52.8 Å². The van der Waals surface area contributed by atoms with E-state index in [1.54, 1.807) is 4.90 Å². The molecule has 1 aliphatic carbocycles. The summed E-state index contributed by atoms with van der Waals surface area (Å²) >= 11 is 0. The number of amides is 4. The number of carbonyl (C=O) groups excluding carboxylic acids is 3. The molecule has 148 valence electrons. The van der Waals surface area contributed by atoms with Gasteiger partial charge < -0.3 is 10.2 Å². The Morgan fingerprint density at radius 3 is 2.35 bits per heavy atom. The van der Waals surface area contributed by atoms with Crippen molar-refractivity contribution in [2.75, 3.05) is 19.6 Å². The second-order valence-corrected chi connectivity index (χ2v) is 8.87. The predicted octanol–water partition coefficient (Wildman–Crippen LogP) is 3.16. The largest absolute Gasteiger partial charge is 0.341 e. The summed E-state index contributed by atoms with van der Waals surface area (Å²) in [6, 6.07) is -0.413. The van der Waals surface area contributed by atoms with Crippen molar-refractivity contribution in [3.05, 3.63) is 0 Å². The van der Waals surface area contributed by atoms with Gasteiger partial charge in [-0.3, -0.25) is 14.5 Å². The number of carbonyl (C=O) groups is 3. The first-order chi connectivity index (χ1) is 12.1. The number of nitrogens with zero attached hydrogens (tertiary/aromatic N) is 2. The third-order valence-electron chi connectivity index (χ3n) is 6.12. The van der Waals surface area contributed by atoms with E-state index < -0.39 is 11.6 Å². The Morgan fingerprint density at radius 2 is 1.85 bits per heavy atom. The summed E-state index contributed by atoms with van der Waals surface area (Å²) in [6.07, 6.45) is 5.11. The molecule has 0 unspecified atom stereocenters. The molecule has 2 fully saturated rings. The van der Waals surface area contributed by atoms with Crippen molar-refractivity contribution < 1.29 is 14.4 Å². The van der Waals surface area contributed by atoms with Crippen molar-refractivity contribution in [3.63, 3.8) is 0 Å². The summed E-state index contributed by atoms with van der Waals surface area (Å²) < 4.78 is 0. The van der Waals surface area contributed by atoms with E-state index in [0.29, 0.717) is 31.8 Å². The minimum absolute atomic E-state index is 0.146. The Morgan fingerprint density at radius 1 is 1.23 bits per heavy atom. The number of hydrogen-bond acceptors (Lipinski definition) is 3. The monoisotopic (exact) mass is 365 g/mol. The lowest BCUT2D eigenvalue weighted by molar-refractivity contribution is -0.139. The van der Waals surface area contributed by atoms with Gasteiger partial charge in [-0.05, 0) is 50.4 Å². The van der Waals surface area contributed by atoms with E-state index in [-0.39, 0.29) is 23.8 Å². The minimum atomic E-state index is -0.792. The molecule has 0 aromatic heterocycles. The average Bonchev–Trinajstić information content (AvgIpc) is 2.79. The molecule has 0 bridgehead atoms. The molecular formula is C20H35N3O3. The van der Waals surface area contributed by atoms with E-state index in [1.165, 1.54) is 0 Å². The molecule has 0 aromatic carbocycles. The topological polar surface area (TPSA) is 69.7 Å². The molecule has 0 radical (unpaired) electrons. The van der Waals surface area contributed by atoms with Gasteiger partial charge in [0.15, 0.2) is 0 Å². The van der Waals surface area contributed by atoms with Crippen LogP contribution in [0.5, 0.6) is 0 Å². The number of nitrogens with one attached hydrogen (secondary N) is 1. The predicted molar refractivity (Wildman–Crippen MR) is 102 cm³/mol. The highest BCUT2D eigenvalue weighted by molar-refractivity contribution is 6.09. The standard InChI is InChI=1S/C20H35N3O3/c1-6-8-13-22(7-2)16(24)14-23-17(25)20(21-18(23)26)11-9-15(10-12-20)19(3,4)5/h15H,6-14H2,1-5H3,(H,21,26). The van der Waals surface area contributed by atoms with E-state index in [4.69, 9.17) is 0 Å². The van der Waals surface area contributed by atoms with Crippen LogP contribution in [-0.2, 0) is 9.59 Å². The first-order valence-electron chi connectivity index (χ1n) is 10.1. The first-order valence-corrected chi connectivity index (χ1v) is 10.1. The Hall–Kier alpha value is -1.59. The van der Waals surface area contributed by atoms with Gasteiger partial charge in [-0.15, -0.1) is 0 Å².